The third-order valence-corrected chi connectivity index (χ3v) is 1.96. The van der Waals surface area contributed by atoms with Gasteiger partial charge < -0.3 is 34.3 Å². The van der Waals surface area contributed by atoms with Crippen LogP contribution in [0.4, 0.5) is 0 Å². The Bertz CT molecular complexity index is 266. The summed E-state index contributed by atoms with van der Waals surface area (Å²) in [6, 6.07) is 0. The first kappa shape index (κ1) is 18.7. The van der Waals surface area contributed by atoms with E-state index < -0.39 is 43.5 Å². The Hall–Kier alpha value is -1.26. The molecule has 0 rings (SSSR count). The SMILES string of the molecule is COCC(O)OC(=O)CC(O)CC(=O)OC(O)COC. The Kier molecular flexibility index (Phi) is 9.86. The van der Waals surface area contributed by atoms with Crippen LogP contribution in [0.5, 0.6) is 0 Å². The molecule has 0 amide bonds. The minimum Gasteiger partial charge on any atom is -0.433 e. The third kappa shape index (κ3) is 9.64. The lowest BCUT2D eigenvalue weighted by molar-refractivity contribution is -0.180. The second kappa shape index (κ2) is 10.5. The topological polar surface area (TPSA) is 132 Å². The number of rotatable bonds is 10. The van der Waals surface area contributed by atoms with Gasteiger partial charge in [-0.2, -0.15) is 0 Å². The highest BCUT2D eigenvalue weighted by Gasteiger charge is 2.20. The van der Waals surface area contributed by atoms with Gasteiger partial charge in [0.25, 0.3) is 0 Å². The van der Waals surface area contributed by atoms with Crippen LogP contribution in [0.15, 0.2) is 0 Å². The molecule has 3 N–H and O–H groups in total. The number of aliphatic hydroxyl groups excluding tert-OH is 3. The predicted molar refractivity (Wildman–Crippen MR) is 63.2 cm³/mol. The zero-order valence-corrected chi connectivity index (χ0v) is 11.4. The summed E-state index contributed by atoms with van der Waals surface area (Å²) in [6.07, 6.45) is -5.23. The summed E-state index contributed by atoms with van der Waals surface area (Å²) < 4.78 is 18.0. The standard InChI is InChI=1S/C11H20O9/c1-17-5-10(15)19-8(13)3-7(12)4-9(14)20-11(16)6-18-2/h7,10-12,15-16H,3-6H2,1-2H3. The van der Waals surface area contributed by atoms with E-state index in [0.717, 1.165) is 0 Å². The normalized spacial score (nSPS) is 15.2. The fourth-order valence-corrected chi connectivity index (χ4v) is 1.21. The van der Waals surface area contributed by atoms with Crippen molar-refractivity contribution in [2.75, 3.05) is 27.4 Å². The summed E-state index contributed by atoms with van der Waals surface area (Å²) in [5.74, 6) is -1.79. The number of hydrogen-bond acceptors (Lipinski definition) is 9. The van der Waals surface area contributed by atoms with Crippen LogP contribution >= 0.6 is 0 Å². The van der Waals surface area contributed by atoms with Crippen LogP contribution in [0, 0.1) is 0 Å². The van der Waals surface area contributed by atoms with E-state index in [4.69, 9.17) is 10.2 Å². The molecule has 2 unspecified atom stereocenters. The number of methoxy groups -OCH3 is 2. The number of carbonyl (C=O) groups excluding carboxylic acids is 2. The van der Waals surface area contributed by atoms with Crippen molar-refractivity contribution in [2.24, 2.45) is 0 Å². The van der Waals surface area contributed by atoms with Gasteiger partial charge in [-0.1, -0.05) is 0 Å². The van der Waals surface area contributed by atoms with E-state index in [9.17, 15) is 14.7 Å². The second-order valence-corrected chi connectivity index (χ2v) is 3.86. The molecule has 0 aromatic rings. The number of hydrogen-bond donors (Lipinski definition) is 3. The van der Waals surface area contributed by atoms with Crippen molar-refractivity contribution in [3.8, 4) is 0 Å². The zero-order valence-electron chi connectivity index (χ0n) is 11.4. The lowest BCUT2D eigenvalue weighted by Gasteiger charge is -2.14. The highest BCUT2D eigenvalue weighted by molar-refractivity contribution is 5.73. The van der Waals surface area contributed by atoms with Crippen LogP contribution in [-0.4, -0.2) is 73.4 Å². The summed E-state index contributed by atoms with van der Waals surface area (Å²) >= 11 is 0. The Morgan fingerprint density at radius 3 is 1.50 bits per heavy atom. The van der Waals surface area contributed by atoms with E-state index in [1.54, 1.807) is 0 Å². The van der Waals surface area contributed by atoms with Crippen molar-refractivity contribution in [1.82, 2.24) is 0 Å². The molecule has 2 atom stereocenters. The molecule has 0 radical (unpaired) electrons. The van der Waals surface area contributed by atoms with E-state index in [2.05, 4.69) is 18.9 Å². The average Bonchev–Trinajstić information content (AvgIpc) is 2.27. The van der Waals surface area contributed by atoms with Gasteiger partial charge in [0.05, 0.1) is 18.9 Å². The van der Waals surface area contributed by atoms with Gasteiger partial charge in [0.1, 0.15) is 13.2 Å². The number of ether oxygens (including phenoxy) is 4. The number of carbonyl (C=O) groups is 2. The maximum absolute atomic E-state index is 11.2. The Labute approximate surface area is 116 Å². The van der Waals surface area contributed by atoms with Crippen molar-refractivity contribution < 1.29 is 43.9 Å². The minimum absolute atomic E-state index is 0.201. The number of aliphatic hydroxyl groups is 3. The molecule has 0 aromatic carbocycles. The van der Waals surface area contributed by atoms with Crippen molar-refractivity contribution in [3.05, 3.63) is 0 Å². The molecule has 9 heteroatoms. The molecule has 20 heavy (non-hydrogen) atoms. The van der Waals surface area contributed by atoms with Crippen LogP contribution in [-0.2, 0) is 28.5 Å². The molecule has 0 fully saturated rings. The molecule has 0 saturated carbocycles. The molecule has 0 aliphatic heterocycles. The van der Waals surface area contributed by atoms with Gasteiger partial charge in [0, 0.05) is 14.2 Å². The lowest BCUT2D eigenvalue weighted by atomic mass is 10.2. The largest absolute Gasteiger partial charge is 0.433 e. The van der Waals surface area contributed by atoms with E-state index in [-0.39, 0.29) is 13.2 Å². The van der Waals surface area contributed by atoms with Crippen LogP contribution in [0.2, 0.25) is 0 Å². The van der Waals surface area contributed by atoms with Crippen LogP contribution < -0.4 is 0 Å². The van der Waals surface area contributed by atoms with E-state index in [1.807, 2.05) is 0 Å². The number of esters is 2. The van der Waals surface area contributed by atoms with Crippen molar-refractivity contribution in [2.45, 2.75) is 31.5 Å². The average molecular weight is 296 g/mol. The summed E-state index contributed by atoms with van der Waals surface area (Å²) in [5.41, 5.74) is 0. The molecule has 0 saturated heterocycles. The Morgan fingerprint density at radius 2 is 1.20 bits per heavy atom. The minimum atomic E-state index is -1.44. The van der Waals surface area contributed by atoms with Gasteiger partial charge in [0.15, 0.2) is 0 Å². The molecule has 0 aromatic heterocycles. The Morgan fingerprint density at radius 1 is 0.850 bits per heavy atom. The highest BCUT2D eigenvalue weighted by Crippen LogP contribution is 2.04. The predicted octanol–water partition coefficient (Wildman–Crippen LogP) is -1.86. The third-order valence-electron chi connectivity index (χ3n) is 1.96. The van der Waals surface area contributed by atoms with Gasteiger partial charge >= 0.3 is 11.9 Å². The smallest absolute Gasteiger partial charge is 0.310 e. The van der Waals surface area contributed by atoms with Crippen LogP contribution in [0.3, 0.4) is 0 Å². The molecule has 0 heterocycles. The van der Waals surface area contributed by atoms with Gasteiger partial charge in [-0.15, -0.1) is 0 Å². The zero-order chi connectivity index (χ0) is 15.5. The van der Waals surface area contributed by atoms with E-state index >= 15 is 0 Å². The summed E-state index contributed by atoms with van der Waals surface area (Å²) in [4.78, 5) is 22.5. The first-order chi connectivity index (χ1) is 9.38. The molecule has 0 aliphatic rings. The van der Waals surface area contributed by atoms with E-state index in [0.29, 0.717) is 0 Å². The van der Waals surface area contributed by atoms with Gasteiger partial charge in [0.2, 0.25) is 12.6 Å². The lowest BCUT2D eigenvalue weighted by Crippen LogP contribution is -2.28. The molecule has 0 spiro atoms. The van der Waals surface area contributed by atoms with Crippen LogP contribution in [0.1, 0.15) is 12.8 Å². The fourth-order valence-electron chi connectivity index (χ4n) is 1.21. The summed E-state index contributed by atoms with van der Waals surface area (Å²) in [6.45, 7) is -0.403. The second-order valence-electron chi connectivity index (χ2n) is 3.86. The summed E-state index contributed by atoms with van der Waals surface area (Å²) in [5, 5.41) is 27.7. The van der Waals surface area contributed by atoms with Gasteiger partial charge in [-0.25, -0.2) is 0 Å². The van der Waals surface area contributed by atoms with E-state index in [1.165, 1.54) is 14.2 Å². The van der Waals surface area contributed by atoms with Crippen molar-refractivity contribution in [1.29, 1.82) is 0 Å². The molecule has 118 valence electrons. The molecule has 9 nitrogen and oxygen atoms in total. The van der Waals surface area contributed by atoms with Gasteiger partial charge in [-0.3, -0.25) is 9.59 Å². The van der Waals surface area contributed by atoms with Gasteiger partial charge in [-0.05, 0) is 0 Å². The maximum Gasteiger partial charge on any atom is 0.310 e. The first-order valence-electron chi connectivity index (χ1n) is 5.80. The maximum atomic E-state index is 11.2. The molecular weight excluding hydrogens is 276 g/mol. The first-order valence-corrected chi connectivity index (χ1v) is 5.80. The monoisotopic (exact) mass is 296 g/mol. The quantitative estimate of drug-likeness (QED) is 0.314. The van der Waals surface area contributed by atoms with Crippen molar-refractivity contribution >= 4 is 11.9 Å². The van der Waals surface area contributed by atoms with Crippen LogP contribution in [0.25, 0.3) is 0 Å². The fraction of sp³-hybridized carbons (Fsp3) is 0.818. The molecular formula is C11H20O9. The van der Waals surface area contributed by atoms with Crippen molar-refractivity contribution in [3.63, 3.8) is 0 Å². The molecule has 0 aliphatic carbocycles. The highest BCUT2D eigenvalue weighted by atomic mass is 16.7. The summed E-state index contributed by atoms with van der Waals surface area (Å²) in [7, 11) is 2.63. The Balaban J connectivity index is 3.94. The molecule has 0 bridgehead atoms.